The monoisotopic (exact) mass is 212 g/mol. The van der Waals surface area contributed by atoms with Crippen LogP contribution in [0.3, 0.4) is 0 Å². The van der Waals surface area contributed by atoms with Crippen molar-refractivity contribution in [3.05, 3.63) is 35.4 Å². The van der Waals surface area contributed by atoms with E-state index in [1.54, 1.807) is 0 Å². The van der Waals surface area contributed by atoms with Crippen LogP contribution < -0.4 is 29.6 Å². The summed E-state index contributed by atoms with van der Waals surface area (Å²) < 4.78 is 0. The van der Waals surface area contributed by atoms with E-state index < -0.39 is 0 Å². The van der Waals surface area contributed by atoms with Crippen molar-refractivity contribution in [1.82, 2.24) is 0 Å². The molecular formula is C14H21Na. The van der Waals surface area contributed by atoms with Gasteiger partial charge >= 0.3 is 29.6 Å². The molecule has 0 radical (unpaired) electrons. The molecule has 0 heterocycles. The minimum Gasteiger partial charge on any atom is -0.180 e. The van der Waals surface area contributed by atoms with Crippen molar-refractivity contribution >= 4 is 0 Å². The molecule has 0 saturated heterocycles. The minimum atomic E-state index is 0. The summed E-state index contributed by atoms with van der Waals surface area (Å²) in [4.78, 5) is 0. The van der Waals surface area contributed by atoms with Gasteiger partial charge in [0.2, 0.25) is 0 Å². The van der Waals surface area contributed by atoms with Crippen LogP contribution in [0.4, 0.5) is 0 Å². The average molecular weight is 212 g/mol. The van der Waals surface area contributed by atoms with Crippen LogP contribution in [0.5, 0.6) is 0 Å². The van der Waals surface area contributed by atoms with Crippen molar-refractivity contribution in [2.45, 2.75) is 52.4 Å². The quantitative estimate of drug-likeness (QED) is 0.446. The van der Waals surface area contributed by atoms with Gasteiger partial charge in [0.25, 0.3) is 0 Å². The second-order valence-electron chi connectivity index (χ2n) is 5.99. The van der Waals surface area contributed by atoms with Gasteiger partial charge in [-0.3, -0.25) is 0 Å². The van der Waals surface area contributed by atoms with Crippen LogP contribution in [0.15, 0.2) is 18.2 Å². The normalized spacial score (nSPS) is 12.1. The molecule has 0 unspecified atom stereocenters. The topological polar surface area (TPSA) is 0 Å². The van der Waals surface area contributed by atoms with Gasteiger partial charge in [0.05, 0.1) is 0 Å². The number of benzene rings is 1. The van der Waals surface area contributed by atoms with Gasteiger partial charge in [-0.2, -0.15) is 35.4 Å². The van der Waals surface area contributed by atoms with Gasteiger partial charge in [0.1, 0.15) is 0 Å². The van der Waals surface area contributed by atoms with E-state index in [4.69, 9.17) is 0 Å². The fourth-order valence-corrected chi connectivity index (χ4v) is 1.37. The summed E-state index contributed by atoms with van der Waals surface area (Å²) in [5.41, 5.74) is 3.11. The molecular weight excluding hydrogens is 191 g/mol. The van der Waals surface area contributed by atoms with Crippen LogP contribution in [-0.4, -0.2) is 0 Å². The first-order valence-electron chi connectivity index (χ1n) is 5.24. The maximum absolute atomic E-state index is 3.32. The Hall–Kier alpha value is 0.220. The molecule has 0 spiro atoms. The van der Waals surface area contributed by atoms with Gasteiger partial charge in [0, 0.05) is 0 Å². The van der Waals surface area contributed by atoms with Crippen molar-refractivity contribution < 1.29 is 29.6 Å². The minimum absolute atomic E-state index is 0. The van der Waals surface area contributed by atoms with E-state index in [1.165, 1.54) is 11.1 Å². The Kier molecular flexibility index (Phi) is 5.11. The second-order valence-corrected chi connectivity index (χ2v) is 5.99. The molecule has 0 bridgehead atoms. The first kappa shape index (κ1) is 15.2. The van der Waals surface area contributed by atoms with Crippen molar-refractivity contribution in [2.24, 2.45) is 0 Å². The summed E-state index contributed by atoms with van der Waals surface area (Å²) in [5.74, 6) is 0. The van der Waals surface area contributed by atoms with Crippen molar-refractivity contribution in [3.63, 3.8) is 0 Å². The molecule has 0 aliphatic rings. The zero-order valence-corrected chi connectivity index (χ0v) is 13.2. The van der Waals surface area contributed by atoms with E-state index in [-0.39, 0.29) is 40.4 Å². The molecule has 0 amide bonds. The van der Waals surface area contributed by atoms with Gasteiger partial charge in [-0.15, -0.1) is 0 Å². The third kappa shape index (κ3) is 4.30. The zero-order chi connectivity index (χ0) is 11.0. The SMILES string of the molecule is CC(C)(C)c1[c-]ccc(C(C)(C)C)c1.[Na+]. The number of hydrogen-bond acceptors (Lipinski definition) is 0. The second kappa shape index (κ2) is 5.03. The maximum atomic E-state index is 3.32. The third-order valence-electron chi connectivity index (χ3n) is 2.48. The Labute approximate surface area is 117 Å². The molecule has 0 aromatic heterocycles. The fourth-order valence-electron chi connectivity index (χ4n) is 1.37. The summed E-state index contributed by atoms with van der Waals surface area (Å²) in [6, 6.07) is 9.80. The van der Waals surface area contributed by atoms with Crippen molar-refractivity contribution in [2.75, 3.05) is 0 Å². The van der Waals surface area contributed by atoms with Crippen LogP contribution in [0.2, 0.25) is 0 Å². The van der Waals surface area contributed by atoms with Crippen molar-refractivity contribution in [1.29, 1.82) is 0 Å². The van der Waals surface area contributed by atoms with Crippen LogP contribution in [0.1, 0.15) is 52.7 Å². The summed E-state index contributed by atoms with van der Waals surface area (Å²) >= 11 is 0. The van der Waals surface area contributed by atoms with Crippen LogP contribution in [0, 0.1) is 6.07 Å². The Balaban J connectivity index is 0.00000196. The molecule has 1 heteroatoms. The summed E-state index contributed by atoms with van der Waals surface area (Å²) in [6.07, 6.45) is 0. The van der Waals surface area contributed by atoms with Gasteiger partial charge in [-0.25, -0.2) is 0 Å². The molecule has 1 aromatic carbocycles. The molecule has 1 rings (SSSR count). The molecule has 0 nitrogen and oxygen atoms in total. The standard InChI is InChI=1S/C14H21.Na/c1-13(2,3)11-8-7-9-12(10-11)14(4,5)6;/h7-8,10H,1-6H3;/q-1;+1. The van der Waals surface area contributed by atoms with E-state index in [0.717, 1.165) is 0 Å². The smallest absolute Gasteiger partial charge is 0.180 e. The first-order chi connectivity index (χ1) is 6.21. The van der Waals surface area contributed by atoms with E-state index in [0.29, 0.717) is 0 Å². The summed E-state index contributed by atoms with van der Waals surface area (Å²) in [7, 11) is 0. The predicted molar refractivity (Wildman–Crippen MR) is 62.7 cm³/mol. The van der Waals surface area contributed by atoms with Gasteiger partial charge in [-0.1, -0.05) is 41.5 Å². The van der Waals surface area contributed by atoms with Gasteiger partial charge in [-0.05, 0) is 10.8 Å². The van der Waals surface area contributed by atoms with E-state index in [2.05, 4.69) is 59.7 Å². The average Bonchev–Trinajstić information content (AvgIpc) is 2.01. The first-order valence-corrected chi connectivity index (χ1v) is 5.24. The molecule has 0 atom stereocenters. The fraction of sp³-hybridized carbons (Fsp3) is 0.571. The zero-order valence-electron chi connectivity index (χ0n) is 11.2. The molecule has 0 aliphatic carbocycles. The summed E-state index contributed by atoms with van der Waals surface area (Å²) in [6.45, 7) is 13.4. The Morgan fingerprint density at radius 3 is 1.87 bits per heavy atom. The number of hydrogen-bond donors (Lipinski definition) is 0. The molecule has 0 aliphatic heterocycles. The van der Waals surface area contributed by atoms with E-state index in [1.807, 2.05) is 6.07 Å². The molecule has 15 heavy (non-hydrogen) atoms. The van der Waals surface area contributed by atoms with E-state index in [9.17, 15) is 0 Å². The number of rotatable bonds is 0. The Bertz CT molecular complexity index is 284. The maximum Gasteiger partial charge on any atom is 1.00 e. The molecule has 0 N–H and O–H groups in total. The van der Waals surface area contributed by atoms with Crippen LogP contribution >= 0.6 is 0 Å². The van der Waals surface area contributed by atoms with Crippen LogP contribution in [0.25, 0.3) is 0 Å². The summed E-state index contributed by atoms with van der Waals surface area (Å²) in [5, 5.41) is 0. The Morgan fingerprint density at radius 2 is 1.47 bits per heavy atom. The van der Waals surface area contributed by atoms with Crippen LogP contribution in [-0.2, 0) is 10.8 Å². The van der Waals surface area contributed by atoms with E-state index >= 15 is 0 Å². The molecule has 78 valence electrons. The largest absolute Gasteiger partial charge is 1.00 e. The predicted octanol–water partition coefficient (Wildman–Crippen LogP) is 1.09. The van der Waals surface area contributed by atoms with Crippen molar-refractivity contribution in [3.8, 4) is 0 Å². The molecule has 1 aromatic rings. The molecule has 0 saturated carbocycles. The Morgan fingerprint density at radius 1 is 0.933 bits per heavy atom. The van der Waals surface area contributed by atoms with Gasteiger partial charge in [0.15, 0.2) is 0 Å². The van der Waals surface area contributed by atoms with Gasteiger partial charge < -0.3 is 0 Å². The molecule has 0 fully saturated rings. The third-order valence-corrected chi connectivity index (χ3v) is 2.48.